The molecule has 114 valence electrons. The molecule has 0 radical (unpaired) electrons. The van der Waals surface area contributed by atoms with E-state index in [-0.39, 0.29) is 0 Å². The van der Waals surface area contributed by atoms with E-state index in [1.54, 1.807) is 11.3 Å². The number of hydrogen-bond donors (Lipinski definition) is 2. The van der Waals surface area contributed by atoms with Crippen LogP contribution in [0.2, 0.25) is 0 Å². The average Bonchev–Trinajstić information content (AvgIpc) is 2.85. The summed E-state index contributed by atoms with van der Waals surface area (Å²) in [5.74, 6) is 0.771. The van der Waals surface area contributed by atoms with Crippen LogP contribution in [0.5, 0.6) is 5.75 Å². The Kier molecular flexibility index (Phi) is 4.70. The number of ether oxygens (including phenoxy) is 1. The Morgan fingerprint density at radius 2 is 2.24 bits per heavy atom. The molecular weight excluding hydrogens is 286 g/mol. The molecule has 1 saturated heterocycles. The van der Waals surface area contributed by atoms with E-state index < -0.39 is 6.10 Å². The van der Waals surface area contributed by atoms with Crippen LogP contribution in [-0.2, 0) is 0 Å². The summed E-state index contributed by atoms with van der Waals surface area (Å²) in [5, 5.41) is 14.4. The van der Waals surface area contributed by atoms with E-state index in [2.05, 4.69) is 15.2 Å². The molecule has 0 spiro atoms. The first kappa shape index (κ1) is 14.7. The Labute approximate surface area is 128 Å². The Morgan fingerprint density at radius 3 is 3.05 bits per heavy atom. The number of hydrogen-bond acceptors (Lipinski definition) is 6. The van der Waals surface area contributed by atoms with Gasteiger partial charge in [0.2, 0.25) is 0 Å². The van der Waals surface area contributed by atoms with Gasteiger partial charge in [-0.15, -0.1) is 11.3 Å². The maximum absolute atomic E-state index is 10.1. The quantitative estimate of drug-likeness (QED) is 0.871. The van der Waals surface area contributed by atoms with E-state index in [1.807, 2.05) is 25.1 Å². The molecule has 1 aromatic heterocycles. The van der Waals surface area contributed by atoms with Crippen molar-refractivity contribution in [1.82, 2.24) is 15.2 Å². The van der Waals surface area contributed by atoms with Gasteiger partial charge in [-0.25, -0.2) is 4.98 Å². The van der Waals surface area contributed by atoms with Gasteiger partial charge in [-0.1, -0.05) is 0 Å². The molecule has 1 aromatic carbocycles. The highest BCUT2D eigenvalue weighted by Gasteiger charge is 2.14. The molecule has 1 atom stereocenters. The number of thiazole rings is 1. The van der Waals surface area contributed by atoms with E-state index in [9.17, 15) is 5.11 Å². The van der Waals surface area contributed by atoms with E-state index in [0.717, 1.165) is 42.5 Å². The minimum absolute atomic E-state index is 0.318. The van der Waals surface area contributed by atoms with Crippen molar-refractivity contribution in [3.8, 4) is 5.75 Å². The molecule has 1 aliphatic heterocycles. The van der Waals surface area contributed by atoms with Gasteiger partial charge in [0.25, 0.3) is 0 Å². The number of rotatable bonds is 5. The summed E-state index contributed by atoms with van der Waals surface area (Å²) in [4.78, 5) is 6.72. The molecule has 1 fully saturated rings. The molecule has 2 N–H and O–H groups in total. The van der Waals surface area contributed by atoms with Crippen molar-refractivity contribution < 1.29 is 9.84 Å². The molecule has 3 rings (SSSR count). The summed E-state index contributed by atoms with van der Waals surface area (Å²) in [6.45, 7) is 6.95. The number of nitrogens with one attached hydrogen (secondary N) is 1. The van der Waals surface area contributed by atoms with Crippen LogP contribution in [0, 0.1) is 6.92 Å². The van der Waals surface area contributed by atoms with Crippen molar-refractivity contribution in [3.63, 3.8) is 0 Å². The second-order valence-electron chi connectivity index (χ2n) is 5.38. The van der Waals surface area contributed by atoms with Crippen LogP contribution < -0.4 is 10.1 Å². The SMILES string of the molecule is Cc1nc2cc(OC[C@@H](O)CN3CCNCC3)ccc2s1. The van der Waals surface area contributed by atoms with Gasteiger partial charge in [-0.05, 0) is 19.1 Å². The van der Waals surface area contributed by atoms with Crippen LogP contribution in [0.25, 0.3) is 10.2 Å². The third-order valence-electron chi connectivity index (χ3n) is 3.59. The second kappa shape index (κ2) is 6.70. The minimum atomic E-state index is -0.462. The molecule has 0 bridgehead atoms. The predicted octanol–water partition coefficient (Wildman–Crippen LogP) is 1.25. The van der Waals surface area contributed by atoms with Gasteiger partial charge in [0, 0.05) is 38.8 Å². The first-order chi connectivity index (χ1) is 10.2. The highest BCUT2D eigenvalue weighted by molar-refractivity contribution is 7.18. The van der Waals surface area contributed by atoms with Crippen LogP contribution in [-0.4, -0.2) is 60.4 Å². The Balaban J connectivity index is 1.52. The lowest BCUT2D eigenvalue weighted by Crippen LogP contribution is -2.47. The molecule has 0 amide bonds. The lowest BCUT2D eigenvalue weighted by atomic mass is 10.3. The summed E-state index contributed by atoms with van der Waals surface area (Å²) in [7, 11) is 0. The van der Waals surface area contributed by atoms with E-state index in [4.69, 9.17) is 4.74 Å². The number of aliphatic hydroxyl groups is 1. The monoisotopic (exact) mass is 307 g/mol. The van der Waals surface area contributed by atoms with Gasteiger partial charge >= 0.3 is 0 Å². The zero-order chi connectivity index (χ0) is 14.7. The molecule has 0 saturated carbocycles. The number of piperazine rings is 1. The lowest BCUT2D eigenvalue weighted by molar-refractivity contribution is 0.0642. The Morgan fingerprint density at radius 1 is 1.43 bits per heavy atom. The van der Waals surface area contributed by atoms with E-state index in [0.29, 0.717) is 13.2 Å². The fraction of sp³-hybridized carbons (Fsp3) is 0.533. The maximum Gasteiger partial charge on any atom is 0.121 e. The number of aromatic nitrogens is 1. The summed E-state index contributed by atoms with van der Waals surface area (Å²) in [6.07, 6.45) is -0.462. The van der Waals surface area contributed by atoms with Crippen molar-refractivity contribution in [2.24, 2.45) is 0 Å². The van der Waals surface area contributed by atoms with Crippen molar-refractivity contribution >= 4 is 21.6 Å². The summed E-state index contributed by atoms with van der Waals surface area (Å²) in [5.41, 5.74) is 0.964. The van der Waals surface area contributed by atoms with Gasteiger partial charge in [0.1, 0.15) is 18.5 Å². The van der Waals surface area contributed by atoms with Crippen molar-refractivity contribution in [1.29, 1.82) is 0 Å². The molecule has 2 aromatic rings. The fourth-order valence-electron chi connectivity index (χ4n) is 2.55. The average molecular weight is 307 g/mol. The molecule has 21 heavy (non-hydrogen) atoms. The molecular formula is C15H21N3O2S. The third-order valence-corrected chi connectivity index (χ3v) is 4.54. The van der Waals surface area contributed by atoms with Crippen molar-refractivity contribution in [2.45, 2.75) is 13.0 Å². The number of nitrogens with zero attached hydrogens (tertiary/aromatic N) is 2. The summed E-state index contributed by atoms with van der Waals surface area (Å²) < 4.78 is 6.87. The number of fused-ring (bicyclic) bond motifs is 1. The number of benzene rings is 1. The highest BCUT2D eigenvalue weighted by atomic mass is 32.1. The minimum Gasteiger partial charge on any atom is -0.491 e. The second-order valence-corrected chi connectivity index (χ2v) is 6.61. The van der Waals surface area contributed by atoms with E-state index >= 15 is 0 Å². The van der Waals surface area contributed by atoms with Gasteiger partial charge in [0.15, 0.2) is 0 Å². The smallest absolute Gasteiger partial charge is 0.121 e. The summed E-state index contributed by atoms with van der Waals surface area (Å²) in [6, 6.07) is 5.91. The number of aryl methyl sites for hydroxylation is 1. The van der Waals surface area contributed by atoms with E-state index in [1.165, 1.54) is 4.70 Å². The molecule has 2 heterocycles. The van der Waals surface area contributed by atoms with Gasteiger partial charge in [-0.2, -0.15) is 0 Å². The topological polar surface area (TPSA) is 57.6 Å². The zero-order valence-electron chi connectivity index (χ0n) is 12.2. The Hall–Kier alpha value is -1.21. The van der Waals surface area contributed by atoms with Gasteiger partial charge < -0.3 is 15.2 Å². The number of β-amino-alcohol motifs (C(OH)–C–C–N with tert-alkyl or cyclic N) is 1. The third kappa shape index (κ3) is 3.91. The zero-order valence-corrected chi connectivity index (χ0v) is 13.0. The maximum atomic E-state index is 10.1. The summed E-state index contributed by atoms with van der Waals surface area (Å²) >= 11 is 1.68. The van der Waals surface area contributed by atoms with Crippen molar-refractivity contribution in [2.75, 3.05) is 39.3 Å². The normalized spacial score (nSPS) is 18.0. The van der Waals surface area contributed by atoms with Crippen LogP contribution >= 0.6 is 11.3 Å². The molecule has 0 unspecified atom stereocenters. The first-order valence-corrected chi connectivity index (χ1v) is 8.13. The molecule has 5 nitrogen and oxygen atoms in total. The standard InChI is InChI=1S/C15H21N3O2S/c1-11-17-14-8-13(2-3-15(14)21-11)20-10-12(19)9-18-6-4-16-5-7-18/h2-3,8,12,16,19H,4-7,9-10H2,1H3/t12-/m0/s1. The van der Waals surface area contributed by atoms with Crippen molar-refractivity contribution in [3.05, 3.63) is 23.2 Å². The molecule has 0 aliphatic carbocycles. The van der Waals surface area contributed by atoms with Gasteiger partial charge in [0.05, 0.1) is 15.2 Å². The predicted molar refractivity (Wildman–Crippen MR) is 85.2 cm³/mol. The van der Waals surface area contributed by atoms with Crippen LogP contribution in [0.1, 0.15) is 5.01 Å². The van der Waals surface area contributed by atoms with Crippen LogP contribution in [0.3, 0.4) is 0 Å². The molecule has 1 aliphatic rings. The first-order valence-electron chi connectivity index (χ1n) is 7.32. The highest BCUT2D eigenvalue weighted by Crippen LogP contribution is 2.25. The fourth-order valence-corrected chi connectivity index (χ4v) is 3.36. The Bertz CT molecular complexity index is 596. The largest absolute Gasteiger partial charge is 0.491 e. The number of aliphatic hydroxyl groups excluding tert-OH is 1. The molecule has 6 heteroatoms. The van der Waals surface area contributed by atoms with Crippen LogP contribution in [0.4, 0.5) is 0 Å². The van der Waals surface area contributed by atoms with Gasteiger partial charge in [-0.3, -0.25) is 4.90 Å². The van der Waals surface area contributed by atoms with Crippen LogP contribution in [0.15, 0.2) is 18.2 Å². The lowest BCUT2D eigenvalue weighted by Gasteiger charge is -2.28.